The summed E-state index contributed by atoms with van der Waals surface area (Å²) in [6.45, 7) is 2.42. The second kappa shape index (κ2) is 6.12. The van der Waals surface area contributed by atoms with Gasteiger partial charge in [0.15, 0.2) is 15.5 Å². The smallest absolute Gasteiger partial charge is 0.249 e. The Balaban J connectivity index is 2.15. The van der Waals surface area contributed by atoms with Gasteiger partial charge in [-0.3, -0.25) is 4.79 Å². The fourth-order valence-corrected chi connectivity index (χ4v) is 2.94. The van der Waals surface area contributed by atoms with Crippen LogP contribution < -0.4 is 10.3 Å². The third-order valence-electron chi connectivity index (χ3n) is 3.47. The number of ether oxygens (including phenoxy) is 1. The van der Waals surface area contributed by atoms with E-state index < -0.39 is 9.84 Å². The molecule has 0 fully saturated rings. The first-order valence-corrected chi connectivity index (χ1v) is 9.34. The van der Waals surface area contributed by atoms with Crippen molar-refractivity contribution in [3.63, 3.8) is 0 Å². The van der Waals surface area contributed by atoms with Gasteiger partial charge in [-0.15, -0.1) is 0 Å². The highest BCUT2D eigenvalue weighted by Gasteiger charge is 2.16. The fraction of sp³-hybridized carbons (Fsp3) is 0.250. The summed E-state index contributed by atoms with van der Waals surface area (Å²) >= 11 is 0. The van der Waals surface area contributed by atoms with Gasteiger partial charge in [-0.25, -0.2) is 13.4 Å². The lowest BCUT2D eigenvalue weighted by atomic mass is 10.2. The van der Waals surface area contributed by atoms with Crippen molar-refractivity contribution in [2.45, 2.75) is 18.2 Å². The van der Waals surface area contributed by atoms with Crippen molar-refractivity contribution >= 4 is 21.0 Å². The van der Waals surface area contributed by atoms with Crippen LogP contribution in [0.25, 0.3) is 22.6 Å². The molecule has 3 aromatic rings. The molecule has 24 heavy (non-hydrogen) atoms. The number of aromatic nitrogens is 3. The molecule has 2 heterocycles. The van der Waals surface area contributed by atoms with E-state index in [-0.39, 0.29) is 10.5 Å². The van der Waals surface area contributed by atoms with E-state index in [1.807, 2.05) is 6.92 Å². The van der Waals surface area contributed by atoms with Crippen molar-refractivity contribution in [3.8, 4) is 17.1 Å². The highest BCUT2D eigenvalue weighted by atomic mass is 32.2. The molecule has 0 saturated heterocycles. The molecule has 2 aromatic heterocycles. The third kappa shape index (κ3) is 3.18. The predicted molar refractivity (Wildman–Crippen MR) is 91.0 cm³/mol. The molecule has 0 spiro atoms. The molecule has 7 nitrogen and oxygen atoms in total. The van der Waals surface area contributed by atoms with Crippen molar-refractivity contribution in [1.29, 1.82) is 0 Å². The maximum atomic E-state index is 11.8. The summed E-state index contributed by atoms with van der Waals surface area (Å²) in [7, 11) is -3.34. The van der Waals surface area contributed by atoms with E-state index in [1.165, 1.54) is 18.2 Å². The Morgan fingerprint density at radius 1 is 1.17 bits per heavy atom. The van der Waals surface area contributed by atoms with Gasteiger partial charge in [-0.2, -0.15) is 0 Å². The monoisotopic (exact) mass is 347 g/mol. The number of rotatable bonds is 5. The summed E-state index contributed by atoms with van der Waals surface area (Å²) in [5, 5.41) is 0. The summed E-state index contributed by atoms with van der Waals surface area (Å²) in [4.78, 5) is 21.7. The van der Waals surface area contributed by atoms with Crippen LogP contribution >= 0.6 is 0 Å². The van der Waals surface area contributed by atoms with Crippen LogP contribution in [0.5, 0.6) is 5.75 Å². The van der Waals surface area contributed by atoms with Gasteiger partial charge in [0.05, 0.1) is 22.6 Å². The second-order valence-corrected chi connectivity index (χ2v) is 7.46. The van der Waals surface area contributed by atoms with Gasteiger partial charge in [-0.05, 0) is 30.7 Å². The average molecular weight is 347 g/mol. The zero-order valence-corrected chi connectivity index (χ0v) is 14.1. The number of hydrogen-bond acceptors (Lipinski definition) is 5. The van der Waals surface area contributed by atoms with Gasteiger partial charge in [-0.1, -0.05) is 6.92 Å². The number of nitrogens with one attached hydrogen (secondary N) is 2. The van der Waals surface area contributed by atoms with Crippen LogP contribution in [0.1, 0.15) is 13.3 Å². The molecule has 0 atom stereocenters. The van der Waals surface area contributed by atoms with Crippen molar-refractivity contribution in [2.24, 2.45) is 0 Å². The number of sulfone groups is 1. The Kier molecular flexibility index (Phi) is 4.15. The maximum Gasteiger partial charge on any atom is 0.249 e. The first-order chi connectivity index (χ1) is 11.4. The van der Waals surface area contributed by atoms with E-state index in [0.717, 1.165) is 12.7 Å². The number of H-pyrrole nitrogens is 2. The molecule has 0 aliphatic rings. The first-order valence-electron chi connectivity index (χ1n) is 7.45. The standard InChI is InChI=1S/C16H17N3O4S/c1-3-8-23-13-9-10(24(2,21)22)4-5-11(13)15-17-12-6-7-14(20)18-16(12)19-15/h4-7,9H,3,8H2,1-2H3,(H2,17,18,19,20). The molecular weight excluding hydrogens is 330 g/mol. The minimum atomic E-state index is -3.34. The number of fused-ring (bicyclic) bond motifs is 1. The highest BCUT2D eigenvalue weighted by Crippen LogP contribution is 2.31. The Morgan fingerprint density at radius 2 is 1.96 bits per heavy atom. The number of imidazole rings is 1. The van der Waals surface area contributed by atoms with Gasteiger partial charge in [0, 0.05) is 12.3 Å². The fourth-order valence-electron chi connectivity index (χ4n) is 2.31. The molecule has 0 aliphatic heterocycles. The van der Waals surface area contributed by atoms with E-state index in [4.69, 9.17) is 4.74 Å². The summed E-state index contributed by atoms with van der Waals surface area (Å²) in [6, 6.07) is 7.71. The van der Waals surface area contributed by atoms with Gasteiger partial charge in [0.25, 0.3) is 0 Å². The Bertz CT molecular complexity index is 1050. The van der Waals surface area contributed by atoms with E-state index >= 15 is 0 Å². The summed E-state index contributed by atoms with van der Waals surface area (Å²) in [6.07, 6.45) is 1.94. The number of nitrogens with zero attached hydrogens (tertiary/aromatic N) is 1. The Labute approximate surface area is 138 Å². The van der Waals surface area contributed by atoms with Gasteiger partial charge < -0.3 is 14.7 Å². The number of hydrogen-bond donors (Lipinski definition) is 2. The van der Waals surface area contributed by atoms with Crippen LogP contribution in [-0.4, -0.2) is 36.2 Å². The normalized spacial score (nSPS) is 11.8. The Morgan fingerprint density at radius 3 is 2.67 bits per heavy atom. The molecule has 0 amide bonds. The summed E-state index contributed by atoms with van der Waals surface area (Å²) in [5.41, 5.74) is 1.51. The lowest BCUT2D eigenvalue weighted by molar-refractivity contribution is 0.318. The van der Waals surface area contributed by atoms with Crippen LogP contribution in [-0.2, 0) is 9.84 Å². The zero-order chi connectivity index (χ0) is 17.3. The second-order valence-electron chi connectivity index (χ2n) is 5.45. The number of pyridine rings is 1. The molecule has 3 rings (SSSR count). The SMILES string of the molecule is CCCOc1cc(S(C)(=O)=O)ccc1-c1nc2[nH]c(=O)ccc2[nH]1. The number of aromatic amines is 2. The molecule has 0 bridgehead atoms. The molecule has 1 aromatic carbocycles. The minimum Gasteiger partial charge on any atom is -0.493 e. The van der Waals surface area contributed by atoms with Crippen molar-refractivity contribution in [3.05, 3.63) is 40.7 Å². The zero-order valence-electron chi connectivity index (χ0n) is 13.3. The van der Waals surface area contributed by atoms with Gasteiger partial charge in [0.2, 0.25) is 5.56 Å². The maximum absolute atomic E-state index is 11.8. The van der Waals surface area contributed by atoms with Crippen molar-refractivity contribution in [1.82, 2.24) is 15.0 Å². The Hall–Kier alpha value is -2.61. The highest BCUT2D eigenvalue weighted by molar-refractivity contribution is 7.90. The van der Waals surface area contributed by atoms with Crippen LogP contribution in [0.3, 0.4) is 0 Å². The largest absolute Gasteiger partial charge is 0.493 e. The summed E-state index contributed by atoms with van der Waals surface area (Å²) in [5.74, 6) is 0.930. The molecule has 2 N–H and O–H groups in total. The first kappa shape index (κ1) is 16.3. The van der Waals surface area contributed by atoms with Crippen molar-refractivity contribution in [2.75, 3.05) is 12.9 Å². The summed E-state index contributed by atoms with van der Waals surface area (Å²) < 4.78 is 29.2. The molecule has 126 valence electrons. The van der Waals surface area contributed by atoms with Crippen molar-refractivity contribution < 1.29 is 13.2 Å². The molecule has 0 aliphatic carbocycles. The minimum absolute atomic E-state index is 0.182. The van der Waals surface area contributed by atoms with Gasteiger partial charge >= 0.3 is 0 Å². The number of benzene rings is 1. The lowest BCUT2D eigenvalue weighted by Gasteiger charge is -2.11. The van der Waals surface area contributed by atoms with Crippen LogP contribution in [0.15, 0.2) is 40.0 Å². The van der Waals surface area contributed by atoms with E-state index in [1.54, 1.807) is 12.1 Å². The molecule has 0 saturated carbocycles. The van der Waals surface area contributed by atoms with Crippen LogP contribution in [0.4, 0.5) is 0 Å². The quantitative estimate of drug-likeness (QED) is 0.735. The molecular formula is C16H17N3O4S. The van der Waals surface area contributed by atoms with Crippen LogP contribution in [0, 0.1) is 0 Å². The molecule has 0 radical (unpaired) electrons. The van der Waals surface area contributed by atoms with E-state index in [2.05, 4.69) is 15.0 Å². The van der Waals surface area contributed by atoms with Crippen LogP contribution in [0.2, 0.25) is 0 Å². The van der Waals surface area contributed by atoms with E-state index in [0.29, 0.717) is 34.9 Å². The van der Waals surface area contributed by atoms with Gasteiger partial charge in [0.1, 0.15) is 11.6 Å². The lowest BCUT2D eigenvalue weighted by Crippen LogP contribution is -2.02. The third-order valence-corrected chi connectivity index (χ3v) is 4.58. The van der Waals surface area contributed by atoms with E-state index in [9.17, 15) is 13.2 Å². The average Bonchev–Trinajstić information content (AvgIpc) is 2.94. The topological polar surface area (TPSA) is 105 Å². The molecule has 0 unspecified atom stereocenters. The molecule has 8 heteroatoms. The predicted octanol–water partition coefficient (Wildman–Crippen LogP) is 2.11.